The molecule has 0 saturated heterocycles. The van der Waals surface area contributed by atoms with E-state index in [1.807, 2.05) is 12.1 Å². The van der Waals surface area contributed by atoms with Crippen LogP contribution < -0.4 is 0 Å². The van der Waals surface area contributed by atoms with Gasteiger partial charge in [-0.05, 0) is 12.1 Å². The molecule has 1 aromatic heterocycles. The first-order valence-corrected chi connectivity index (χ1v) is 6.68. The zero-order valence-electron chi connectivity index (χ0n) is 5.48. The number of hydrogen-bond donors (Lipinski definition) is 1. The van der Waals surface area contributed by atoms with Crippen molar-refractivity contribution in [3.8, 4) is 0 Å². The van der Waals surface area contributed by atoms with Gasteiger partial charge in [-0.3, -0.25) is 4.98 Å². The van der Waals surface area contributed by atoms with Crippen LogP contribution in [0.15, 0.2) is 24.4 Å². The van der Waals surface area contributed by atoms with Gasteiger partial charge in [-0.1, -0.05) is 6.07 Å². The van der Waals surface area contributed by atoms with Crippen molar-refractivity contribution in [2.24, 2.45) is 0 Å². The second-order valence-corrected chi connectivity index (χ2v) is 3.88. The molecule has 0 atom stereocenters. The van der Waals surface area contributed by atoms with E-state index in [9.17, 15) is 0 Å². The van der Waals surface area contributed by atoms with Crippen LogP contribution in [0.4, 0.5) is 0 Å². The van der Waals surface area contributed by atoms with E-state index < -0.39 is 0 Å². The Bertz CT molecular complexity index is 173. The third-order valence-corrected chi connectivity index (χ3v) is 0.888. The van der Waals surface area contributed by atoms with Crippen LogP contribution in [-0.2, 0) is 22.5 Å². The molecule has 0 amide bonds. The van der Waals surface area contributed by atoms with Crippen LogP contribution >= 0.6 is 19.1 Å². The summed E-state index contributed by atoms with van der Waals surface area (Å²) in [4.78, 5) is 3.85. The van der Waals surface area contributed by atoms with Crippen LogP contribution in [0.25, 0.3) is 0 Å². The molecule has 0 unspecified atom stereocenters. The number of aliphatic hydroxyl groups is 1. The molecule has 5 heteroatoms. The molecule has 1 rings (SSSR count). The number of halogens is 2. The molecule has 0 aromatic carbocycles. The molecule has 0 aliphatic carbocycles. The van der Waals surface area contributed by atoms with Gasteiger partial charge in [0, 0.05) is 6.20 Å². The first kappa shape index (κ1) is 11.4. The van der Waals surface area contributed by atoms with Crippen LogP contribution in [-0.4, -0.2) is 10.1 Å². The van der Waals surface area contributed by atoms with Crippen LogP contribution in [0, 0.1) is 0 Å². The van der Waals surface area contributed by atoms with Crippen LogP contribution in [0.2, 0.25) is 0 Å². The molecule has 1 aromatic rings. The molecular weight excluding hydrogens is 279 g/mol. The zero-order chi connectivity index (χ0) is 8.53. The Morgan fingerprint density at radius 1 is 1.45 bits per heavy atom. The van der Waals surface area contributed by atoms with Gasteiger partial charge in [-0.2, -0.15) is 0 Å². The molecule has 0 aliphatic rings. The van der Waals surface area contributed by atoms with Gasteiger partial charge in [-0.25, -0.2) is 0 Å². The van der Waals surface area contributed by atoms with Crippen molar-refractivity contribution in [3.05, 3.63) is 30.1 Å². The van der Waals surface area contributed by atoms with Crippen molar-refractivity contribution in [1.29, 1.82) is 0 Å². The number of hydrogen-bond acceptors (Lipinski definition) is 2. The Kier molecular flexibility index (Phi) is 8.72. The molecule has 2 nitrogen and oxygen atoms in total. The second-order valence-electron chi connectivity index (χ2n) is 1.52. The topological polar surface area (TPSA) is 33.1 Å². The van der Waals surface area contributed by atoms with Crippen molar-refractivity contribution in [3.63, 3.8) is 0 Å². The minimum atomic E-state index is -0.106. The van der Waals surface area contributed by atoms with Gasteiger partial charge in [0.05, 0.1) is 12.3 Å². The standard InChI is InChI=1S/C6H7NO.2ClH.Pd/c8-5-6-3-1-2-4-7-6;;;/h1-4,8H,5H2;2*1H;/q;;;+2/p-2. The first-order chi connectivity index (χ1) is 5.35. The number of nitrogens with zero attached hydrogens (tertiary/aromatic N) is 1. The molecule has 0 bridgehead atoms. The fourth-order valence-corrected chi connectivity index (χ4v) is 0.492. The summed E-state index contributed by atoms with van der Waals surface area (Å²) in [5, 5.41) is 8.48. The van der Waals surface area contributed by atoms with Gasteiger partial charge in [0.25, 0.3) is 0 Å². The van der Waals surface area contributed by atoms with Gasteiger partial charge in [0.15, 0.2) is 0 Å². The summed E-state index contributed by atoms with van der Waals surface area (Å²) in [6, 6.07) is 5.44. The molecule has 0 saturated carbocycles. The molecule has 0 spiro atoms. The third-order valence-electron chi connectivity index (χ3n) is 0.888. The summed E-state index contributed by atoms with van der Waals surface area (Å²) in [5.41, 5.74) is 0.715. The zero-order valence-corrected chi connectivity index (χ0v) is 8.55. The van der Waals surface area contributed by atoms with Crippen molar-refractivity contribution in [1.82, 2.24) is 4.98 Å². The normalized spacial score (nSPS) is 8.64. The second kappa shape index (κ2) is 8.45. The average molecular weight is 286 g/mol. The molecule has 11 heavy (non-hydrogen) atoms. The van der Waals surface area contributed by atoms with Gasteiger partial charge >= 0.3 is 35.0 Å². The Balaban J connectivity index is 0.000000292. The van der Waals surface area contributed by atoms with E-state index in [2.05, 4.69) is 4.98 Å². The summed E-state index contributed by atoms with van der Waals surface area (Å²) in [7, 11) is 9.63. The van der Waals surface area contributed by atoms with Crippen molar-refractivity contribution < 1.29 is 21.0 Å². The quantitative estimate of drug-likeness (QED) is 0.801. The first-order valence-electron chi connectivity index (χ1n) is 2.68. The maximum absolute atomic E-state index is 8.48. The van der Waals surface area contributed by atoms with Gasteiger partial charge < -0.3 is 5.11 Å². The van der Waals surface area contributed by atoms with Crippen molar-refractivity contribution >= 4 is 19.1 Å². The van der Waals surface area contributed by atoms with Crippen molar-refractivity contribution in [2.45, 2.75) is 6.61 Å². The Hall–Kier alpha value is 0.352. The van der Waals surface area contributed by atoms with Crippen LogP contribution in [0.1, 0.15) is 5.69 Å². The summed E-state index contributed by atoms with van der Waals surface area (Å²) in [6.07, 6.45) is 1.66. The van der Waals surface area contributed by atoms with E-state index in [0.717, 1.165) is 0 Å². The predicted molar refractivity (Wildman–Crippen MR) is 41.9 cm³/mol. The van der Waals surface area contributed by atoms with Gasteiger partial charge in [0.1, 0.15) is 0 Å². The van der Waals surface area contributed by atoms with E-state index >= 15 is 0 Å². The van der Waals surface area contributed by atoms with Crippen LogP contribution in [0.3, 0.4) is 0 Å². The van der Waals surface area contributed by atoms with E-state index in [4.69, 9.17) is 24.2 Å². The van der Waals surface area contributed by atoms with E-state index in [0.29, 0.717) is 5.69 Å². The number of pyridine rings is 1. The fourth-order valence-electron chi connectivity index (χ4n) is 0.492. The molecule has 0 fully saturated rings. The van der Waals surface area contributed by atoms with E-state index in [1.165, 1.54) is 0 Å². The fraction of sp³-hybridized carbons (Fsp3) is 0.167. The summed E-state index contributed by atoms with van der Waals surface area (Å²) in [5.74, 6) is 0. The summed E-state index contributed by atoms with van der Waals surface area (Å²) >= 11 is -0.106. The molecule has 1 N–H and O–H groups in total. The molecule has 0 radical (unpaired) electrons. The van der Waals surface area contributed by atoms with Crippen molar-refractivity contribution in [2.75, 3.05) is 0 Å². The Morgan fingerprint density at radius 2 is 2.09 bits per heavy atom. The number of aliphatic hydroxyl groups excluding tert-OH is 1. The monoisotopic (exact) mass is 285 g/mol. The molecule has 0 aliphatic heterocycles. The Labute approximate surface area is 81.7 Å². The van der Waals surface area contributed by atoms with E-state index in [1.54, 1.807) is 12.3 Å². The maximum atomic E-state index is 8.48. The molecule has 1 heterocycles. The summed E-state index contributed by atoms with van der Waals surface area (Å²) in [6.45, 7) is 0.0286. The summed E-state index contributed by atoms with van der Waals surface area (Å²) < 4.78 is 0. The number of aromatic nitrogens is 1. The molecule has 66 valence electrons. The van der Waals surface area contributed by atoms with Gasteiger partial charge in [0.2, 0.25) is 0 Å². The number of rotatable bonds is 1. The average Bonchev–Trinajstić information content (AvgIpc) is 2.08. The van der Waals surface area contributed by atoms with E-state index in [-0.39, 0.29) is 22.5 Å². The minimum absolute atomic E-state index is 0.0286. The third kappa shape index (κ3) is 6.74. The van der Waals surface area contributed by atoms with Crippen LogP contribution in [0.5, 0.6) is 0 Å². The predicted octanol–water partition coefficient (Wildman–Crippen LogP) is 1.95. The molecular formula is C6H7Cl2NOPd. The van der Waals surface area contributed by atoms with Gasteiger partial charge in [-0.15, -0.1) is 0 Å². The SMILES string of the molecule is OCc1ccccn1.[Cl][Pd][Cl]. The Morgan fingerprint density at radius 3 is 2.36 bits per heavy atom.